The summed E-state index contributed by atoms with van der Waals surface area (Å²) in [7, 11) is 1.20. The Morgan fingerprint density at radius 2 is 1.75 bits per heavy atom. The Morgan fingerprint density at radius 1 is 1.25 bits per heavy atom. The van der Waals surface area contributed by atoms with Crippen LogP contribution in [0.25, 0.3) is 0 Å². The number of amides is 2. The lowest BCUT2D eigenvalue weighted by molar-refractivity contribution is 0.179. The molecular weight excluding hydrogens is 230 g/mol. The third kappa shape index (κ3) is 2.33. The van der Waals surface area contributed by atoms with Crippen LogP contribution in [-0.4, -0.2) is 18.6 Å². The minimum absolute atomic E-state index is 0.467. The average Bonchev–Trinajstić information content (AvgIpc) is 2.22. The van der Waals surface area contributed by atoms with Crippen LogP contribution in [0.3, 0.4) is 0 Å². The van der Waals surface area contributed by atoms with Gasteiger partial charge in [-0.15, -0.1) is 0 Å². The zero-order valence-electron chi connectivity index (χ0n) is 9.28. The summed E-state index contributed by atoms with van der Waals surface area (Å²) in [6.45, 7) is 3.58. The van der Waals surface area contributed by atoms with E-state index in [1.54, 1.807) is 26.0 Å². The van der Waals surface area contributed by atoms with E-state index < -0.39 is 11.5 Å². The lowest BCUT2D eigenvalue weighted by Gasteiger charge is -2.20. The fraction of sp³-hybridized carbons (Fsp3) is 0.273. The monoisotopic (exact) mass is 241 g/mol. The van der Waals surface area contributed by atoms with Crippen molar-refractivity contribution in [3.8, 4) is 0 Å². The molecule has 0 N–H and O–H groups in total. The Labute approximate surface area is 98.8 Å². The molecule has 0 aromatic heterocycles. The molecule has 0 aliphatic heterocycles. The number of hydrogen-bond donors (Lipinski definition) is 0. The van der Waals surface area contributed by atoms with Crippen LogP contribution in [-0.2, 0) is 4.74 Å². The van der Waals surface area contributed by atoms with Gasteiger partial charge >= 0.3 is 11.5 Å². The van der Waals surface area contributed by atoms with E-state index in [0.29, 0.717) is 5.69 Å². The van der Waals surface area contributed by atoms with Gasteiger partial charge in [-0.2, -0.15) is 0 Å². The van der Waals surface area contributed by atoms with Crippen LogP contribution >= 0.6 is 11.6 Å². The minimum Gasteiger partial charge on any atom is -0.452 e. The number of nitrogens with zero attached hydrogens (tertiary/aromatic N) is 1. The highest BCUT2D eigenvalue weighted by atomic mass is 35.5. The Bertz CT molecular complexity index is 411. The number of imide groups is 1. The smallest absolute Gasteiger partial charge is 0.421 e. The van der Waals surface area contributed by atoms with Gasteiger partial charge in [-0.25, -0.2) is 9.69 Å². The highest BCUT2D eigenvalue weighted by molar-refractivity contribution is 6.68. The minimum atomic E-state index is -0.885. The number of rotatable bonds is 1. The summed E-state index contributed by atoms with van der Waals surface area (Å²) in [4.78, 5) is 23.5. The fourth-order valence-electron chi connectivity index (χ4n) is 1.50. The third-order valence-electron chi connectivity index (χ3n) is 2.20. The summed E-state index contributed by atoms with van der Waals surface area (Å²) in [5.74, 6) is 0. The molecule has 0 spiro atoms. The Kier molecular flexibility index (Phi) is 3.90. The summed E-state index contributed by atoms with van der Waals surface area (Å²) in [5, 5.41) is -0.885. The zero-order chi connectivity index (χ0) is 12.3. The molecule has 0 fully saturated rings. The number of methoxy groups -OCH3 is 1. The second kappa shape index (κ2) is 4.99. The largest absolute Gasteiger partial charge is 0.452 e. The number of para-hydroxylation sites is 1. The van der Waals surface area contributed by atoms with E-state index in [2.05, 4.69) is 4.74 Å². The summed E-state index contributed by atoms with van der Waals surface area (Å²) >= 11 is 5.38. The Balaban J connectivity index is 3.32. The van der Waals surface area contributed by atoms with Crippen molar-refractivity contribution in [3.63, 3.8) is 0 Å². The van der Waals surface area contributed by atoms with Gasteiger partial charge < -0.3 is 4.74 Å². The van der Waals surface area contributed by atoms with Gasteiger partial charge in [-0.3, -0.25) is 4.79 Å². The van der Waals surface area contributed by atoms with Crippen LogP contribution in [0.1, 0.15) is 11.1 Å². The number of anilines is 1. The van der Waals surface area contributed by atoms with Gasteiger partial charge in [0.05, 0.1) is 12.8 Å². The molecular formula is C11H12ClNO3. The van der Waals surface area contributed by atoms with Crippen molar-refractivity contribution < 1.29 is 14.3 Å². The van der Waals surface area contributed by atoms with Gasteiger partial charge in [-0.1, -0.05) is 18.2 Å². The molecule has 86 valence electrons. The van der Waals surface area contributed by atoms with Crippen molar-refractivity contribution >= 4 is 28.7 Å². The molecule has 16 heavy (non-hydrogen) atoms. The van der Waals surface area contributed by atoms with E-state index in [9.17, 15) is 9.59 Å². The second-order valence-electron chi connectivity index (χ2n) is 3.30. The van der Waals surface area contributed by atoms with Crippen LogP contribution in [0.5, 0.6) is 0 Å². The first-order valence-corrected chi connectivity index (χ1v) is 5.00. The van der Waals surface area contributed by atoms with E-state index >= 15 is 0 Å². The number of carbonyl (C=O) groups excluding carboxylic acids is 2. The van der Waals surface area contributed by atoms with Crippen LogP contribution in [0, 0.1) is 13.8 Å². The van der Waals surface area contributed by atoms with Crippen molar-refractivity contribution in [3.05, 3.63) is 29.3 Å². The SMILES string of the molecule is COC(=O)N(C(=O)Cl)c1c(C)cccc1C. The molecule has 1 aromatic carbocycles. The first kappa shape index (κ1) is 12.5. The van der Waals surface area contributed by atoms with Gasteiger partial charge in [0.1, 0.15) is 0 Å². The van der Waals surface area contributed by atoms with Gasteiger partial charge in [0, 0.05) is 0 Å². The van der Waals surface area contributed by atoms with E-state index in [-0.39, 0.29) is 0 Å². The fourth-order valence-corrected chi connectivity index (χ4v) is 1.65. The molecule has 1 aromatic rings. The molecule has 0 bridgehead atoms. The first-order valence-electron chi connectivity index (χ1n) is 4.62. The number of carbonyl (C=O) groups is 2. The highest BCUT2D eigenvalue weighted by Gasteiger charge is 2.25. The standard InChI is InChI=1S/C11H12ClNO3/c1-7-5-4-6-8(2)9(7)13(10(12)14)11(15)16-3/h4-6H,1-3H3. The number of benzene rings is 1. The molecule has 0 aliphatic carbocycles. The van der Waals surface area contributed by atoms with Crippen LogP contribution in [0.2, 0.25) is 0 Å². The maximum absolute atomic E-state index is 11.5. The predicted molar refractivity (Wildman–Crippen MR) is 62.0 cm³/mol. The number of ether oxygens (including phenoxy) is 1. The van der Waals surface area contributed by atoms with Crippen LogP contribution in [0.15, 0.2) is 18.2 Å². The molecule has 5 heteroatoms. The lowest BCUT2D eigenvalue weighted by atomic mass is 10.1. The molecule has 0 heterocycles. The molecule has 0 aliphatic rings. The van der Waals surface area contributed by atoms with E-state index in [1.807, 2.05) is 6.07 Å². The summed E-state index contributed by atoms with van der Waals surface area (Å²) < 4.78 is 4.52. The highest BCUT2D eigenvalue weighted by Crippen LogP contribution is 2.26. The van der Waals surface area contributed by atoms with E-state index in [0.717, 1.165) is 16.0 Å². The number of halogens is 1. The van der Waals surface area contributed by atoms with Crippen LogP contribution in [0.4, 0.5) is 15.3 Å². The van der Waals surface area contributed by atoms with Crippen molar-refractivity contribution in [1.82, 2.24) is 0 Å². The molecule has 2 amide bonds. The molecule has 0 saturated heterocycles. The lowest BCUT2D eigenvalue weighted by Crippen LogP contribution is -2.34. The topological polar surface area (TPSA) is 46.6 Å². The number of aryl methyl sites for hydroxylation is 2. The molecule has 0 saturated carbocycles. The summed E-state index contributed by atoms with van der Waals surface area (Å²) in [6, 6.07) is 5.42. The first-order chi connectivity index (χ1) is 7.49. The van der Waals surface area contributed by atoms with E-state index in [1.165, 1.54) is 7.11 Å². The Hall–Kier alpha value is -1.55. The van der Waals surface area contributed by atoms with E-state index in [4.69, 9.17) is 11.6 Å². The van der Waals surface area contributed by atoms with Crippen molar-refractivity contribution in [2.45, 2.75) is 13.8 Å². The number of hydrogen-bond acceptors (Lipinski definition) is 3. The van der Waals surface area contributed by atoms with Crippen molar-refractivity contribution in [2.24, 2.45) is 0 Å². The third-order valence-corrected chi connectivity index (χ3v) is 2.37. The van der Waals surface area contributed by atoms with Gasteiger partial charge in [-0.05, 0) is 36.6 Å². The summed E-state index contributed by atoms with van der Waals surface area (Å²) in [5.41, 5.74) is 2.02. The van der Waals surface area contributed by atoms with Crippen molar-refractivity contribution in [2.75, 3.05) is 12.0 Å². The van der Waals surface area contributed by atoms with Gasteiger partial charge in [0.25, 0.3) is 0 Å². The quantitative estimate of drug-likeness (QED) is 0.560. The predicted octanol–water partition coefficient (Wildman–Crippen LogP) is 3.24. The summed E-state index contributed by atoms with van der Waals surface area (Å²) in [6.07, 6.45) is -0.794. The maximum atomic E-state index is 11.5. The second-order valence-corrected chi connectivity index (χ2v) is 3.62. The molecule has 1 rings (SSSR count). The van der Waals surface area contributed by atoms with Gasteiger partial charge in [0.15, 0.2) is 0 Å². The van der Waals surface area contributed by atoms with Crippen LogP contribution < -0.4 is 4.90 Å². The molecule has 0 atom stereocenters. The zero-order valence-corrected chi connectivity index (χ0v) is 10.0. The van der Waals surface area contributed by atoms with Crippen molar-refractivity contribution in [1.29, 1.82) is 0 Å². The normalized spacial score (nSPS) is 9.75. The van der Waals surface area contributed by atoms with Gasteiger partial charge in [0.2, 0.25) is 0 Å². The molecule has 4 nitrogen and oxygen atoms in total. The molecule has 0 radical (unpaired) electrons. The molecule has 0 unspecified atom stereocenters. The Morgan fingerprint density at radius 3 is 2.12 bits per heavy atom. The maximum Gasteiger partial charge on any atom is 0.421 e. The average molecular weight is 242 g/mol.